The highest BCUT2D eigenvalue weighted by atomic mass is 16.2. The topological polar surface area (TPSA) is 32.3 Å². The Hall–Kier alpha value is -1.02. The van der Waals surface area contributed by atoms with Crippen LogP contribution in [-0.2, 0) is 0 Å². The quantitative estimate of drug-likeness (QED) is 0.483. The number of allylic oxidation sites excluding steroid dienone is 6. The maximum Gasteiger partial charge on any atom is 0.0431 e. The summed E-state index contributed by atoms with van der Waals surface area (Å²) in [6.45, 7) is 2.32. The lowest BCUT2D eigenvalue weighted by atomic mass is 10.2. The summed E-state index contributed by atoms with van der Waals surface area (Å²) >= 11 is 0. The van der Waals surface area contributed by atoms with Crippen molar-refractivity contribution in [3.8, 4) is 0 Å². The van der Waals surface area contributed by atoms with Crippen LogP contribution in [0.3, 0.4) is 0 Å². The van der Waals surface area contributed by atoms with E-state index in [1.807, 2.05) is 38.3 Å². The minimum atomic E-state index is 0.299. The predicted octanol–water partition coefficient (Wildman–Crippen LogP) is 2.38. The van der Waals surface area contributed by atoms with E-state index in [1.165, 1.54) is 0 Å². The van der Waals surface area contributed by atoms with Gasteiger partial charge < -0.3 is 10.4 Å². The standard InChI is InChI=1S/C12H21NO/c1-12(13-2)10-8-6-4-3-5-7-9-11-14/h3-4,6,8,10,13-14H,5,7,9,11H2,1-2H3/b4-3+,8-6-,12-10+. The fraction of sp³-hybridized carbons (Fsp3) is 0.500. The van der Waals surface area contributed by atoms with E-state index >= 15 is 0 Å². The van der Waals surface area contributed by atoms with Crippen LogP contribution < -0.4 is 5.32 Å². The van der Waals surface area contributed by atoms with Crippen LogP contribution in [-0.4, -0.2) is 18.8 Å². The summed E-state index contributed by atoms with van der Waals surface area (Å²) in [5.74, 6) is 0. The van der Waals surface area contributed by atoms with Crippen molar-refractivity contribution in [2.45, 2.75) is 26.2 Å². The number of aliphatic hydroxyl groups is 1. The summed E-state index contributed by atoms with van der Waals surface area (Å²) in [6, 6.07) is 0. The number of nitrogens with one attached hydrogen (secondary N) is 1. The molecule has 0 rings (SSSR count). The lowest BCUT2D eigenvalue weighted by molar-refractivity contribution is 0.285. The first-order valence-corrected chi connectivity index (χ1v) is 5.10. The third-order valence-corrected chi connectivity index (χ3v) is 1.88. The van der Waals surface area contributed by atoms with Gasteiger partial charge in [-0.3, -0.25) is 0 Å². The number of rotatable bonds is 7. The van der Waals surface area contributed by atoms with E-state index < -0.39 is 0 Å². The molecule has 2 N–H and O–H groups in total. The van der Waals surface area contributed by atoms with Crippen LogP contribution in [0.2, 0.25) is 0 Å². The van der Waals surface area contributed by atoms with Gasteiger partial charge in [-0.1, -0.05) is 24.3 Å². The largest absolute Gasteiger partial charge is 0.396 e. The second-order valence-electron chi connectivity index (χ2n) is 3.13. The highest BCUT2D eigenvalue weighted by Gasteiger charge is 1.80. The second-order valence-corrected chi connectivity index (χ2v) is 3.13. The van der Waals surface area contributed by atoms with Crippen LogP contribution in [0.4, 0.5) is 0 Å². The molecule has 0 aromatic heterocycles. The van der Waals surface area contributed by atoms with Gasteiger partial charge >= 0.3 is 0 Å². The van der Waals surface area contributed by atoms with Crippen molar-refractivity contribution in [2.24, 2.45) is 0 Å². The third kappa shape index (κ3) is 9.07. The van der Waals surface area contributed by atoms with Gasteiger partial charge in [0.1, 0.15) is 0 Å². The first-order valence-electron chi connectivity index (χ1n) is 5.10. The van der Waals surface area contributed by atoms with Gasteiger partial charge in [-0.25, -0.2) is 0 Å². The van der Waals surface area contributed by atoms with Crippen LogP contribution in [0.15, 0.2) is 36.1 Å². The molecule has 2 heteroatoms. The second kappa shape index (κ2) is 10.1. The Morgan fingerprint density at radius 3 is 2.64 bits per heavy atom. The molecular weight excluding hydrogens is 174 g/mol. The van der Waals surface area contributed by atoms with E-state index in [1.54, 1.807) is 0 Å². The molecule has 0 atom stereocenters. The lowest BCUT2D eigenvalue weighted by Crippen LogP contribution is -2.00. The first-order chi connectivity index (χ1) is 6.81. The van der Waals surface area contributed by atoms with E-state index in [4.69, 9.17) is 5.11 Å². The molecule has 0 saturated carbocycles. The van der Waals surface area contributed by atoms with E-state index in [0.29, 0.717) is 6.61 Å². The summed E-state index contributed by atoms with van der Waals surface area (Å²) in [6.07, 6.45) is 13.2. The van der Waals surface area contributed by atoms with E-state index in [2.05, 4.69) is 11.4 Å². The van der Waals surface area contributed by atoms with Crippen molar-refractivity contribution in [1.82, 2.24) is 5.32 Å². The average Bonchev–Trinajstić information content (AvgIpc) is 2.21. The minimum absolute atomic E-state index is 0.299. The van der Waals surface area contributed by atoms with Crippen molar-refractivity contribution < 1.29 is 5.11 Å². The molecule has 0 aliphatic carbocycles. The van der Waals surface area contributed by atoms with Crippen LogP contribution in [0.5, 0.6) is 0 Å². The molecule has 0 aromatic rings. The molecule has 0 radical (unpaired) electrons. The Balaban J connectivity index is 3.50. The molecule has 14 heavy (non-hydrogen) atoms. The molecule has 2 nitrogen and oxygen atoms in total. The van der Waals surface area contributed by atoms with Gasteiger partial charge in [0.15, 0.2) is 0 Å². The maximum absolute atomic E-state index is 8.54. The van der Waals surface area contributed by atoms with Gasteiger partial charge in [-0.2, -0.15) is 0 Å². The van der Waals surface area contributed by atoms with Gasteiger partial charge in [-0.15, -0.1) is 0 Å². The van der Waals surface area contributed by atoms with Crippen LogP contribution in [0.1, 0.15) is 26.2 Å². The summed E-state index contributed by atoms with van der Waals surface area (Å²) < 4.78 is 0. The average molecular weight is 195 g/mol. The van der Waals surface area contributed by atoms with E-state index in [0.717, 1.165) is 25.0 Å². The molecule has 0 bridgehead atoms. The Bertz CT molecular complexity index is 204. The Kier molecular flexibility index (Phi) is 9.33. The molecule has 0 unspecified atom stereocenters. The van der Waals surface area contributed by atoms with E-state index in [9.17, 15) is 0 Å². The Labute approximate surface area is 87.0 Å². The summed E-state index contributed by atoms with van der Waals surface area (Å²) in [5.41, 5.74) is 1.15. The fourth-order valence-corrected chi connectivity index (χ4v) is 0.896. The molecule has 0 heterocycles. The highest BCUT2D eigenvalue weighted by molar-refractivity contribution is 5.14. The number of aliphatic hydroxyl groups excluding tert-OH is 1. The zero-order chi connectivity index (χ0) is 10.6. The van der Waals surface area contributed by atoms with E-state index in [-0.39, 0.29) is 0 Å². The Morgan fingerprint density at radius 1 is 1.21 bits per heavy atom. The number of hydrogen-bond donors (Lipinski definition) is 2. The van der Waals surface area contributed by atoms with Crippen molar-refractivity contribution in [3.05, 3.63) is 36.1 Å². The SMILES string of the molecule is CN/C(C)=C/C=C\C=C\CCCCO. The monoisotopic (exact) mass is 195 g/mol. The van der Waals surface area contributed by atoms with Crippen LogP contribution in [0.25, 0.3) is 0 Å². The third-order valence-electron chi connectivity index (χ3n) is 1.88. The molecule has 0 spiro atoms. The molecule has 0 fully saturated rings. The van der Waals surface area contributed by atoms with Crippen molar-refractivity contribution in [1.29, 1.82) is 0 Å². The van der Waals surface area contributed by atoms with Crippen molar-refractivity contribution in [2.75, 3.05) is 13.7 Å². The van der Waals surface area contributed by atoms with Gasteiger partial charge in [0.25, 0.3) is 0 Å². The lowest BCUT2D eigenvalue weighted by Gasteiger charge is -1.93. The number of hydrogen-bond acceptors (Lipinski definition) is 2. The summed E-state index contributed by atoms with van der Waals surface area (Å²) in [5, 5.41) is 11.6. The normalized spacial score (nSPS) is 12.9. The van der Waals surface area contributed by atoms with Gasteiger partial charge in [0.05, 0.1) is 0 Å². The molecule has 0 saturated heterocycles. The van der Waals surface area contributed by atoms with Crippen LogP contribution in [0, 0.1) is 0 Å². The predicted molar refractivity (Wildman–Crippen MR) is 62.0 cm³/mol. The first kappa shape index (κ1) is 13.0. The number of unbranched alkanes of at least 4 members (excludes halogenated alkanes) is 2. The maximum atomic E-state index is 8.54. The molecular formula is C12H21NO. The Morgan fingerprint density at radius 2 is 2.00 bits per heavy atom. The fourth-order valence-electron chi connectivity index (χ4n) is 0.896. The molecule has 80 valence electrons. The van der Waals surface area contributed by atoms with Gasteiger partial charge in [0, 0.05) is 19.4 Å². The van der Waals surface area contributed by atoms with Crippen molar-refractivity contribution in [3.63, 3.8) is 0 Å². The zero-order valence-electron chi connectivity index (χ0n) is 9.16. The molecule has 0 aromatic carbocycles. The molecule has 0 aliphatic rings. The van der Waals surface area contributed by atoms with Crippen molar-refractivity contribution >= 4 is 0 Å². The van der Waals surface area contributed by atoms with Gasteiger partial charge in [0.2, 0.25) is 0 Å². The molecule has 0 amide bonds. The summed E-state index contributed by atoms with van der Waals surface area (Å²) in [4.78, 5) is 0. The smallest absolute Gasteiger partial charge is 0.0431 e. The minimum Gasteiger partial charge on any atom is -0.396 e. The zero-order valence-corrected chi connectivity index (χ0v) is 9.16. The van der Waals surface area contributed by atoms with Gasteiger partial charge in [-0.05, 0) is 32.3 Å². The highest BCUT2D eigenvalue weighted by Crippen LogP contribution is 1.95. The summed E-state index contributed by atoms with van der Waals surface area (Å²) in [7, 11) is 1.91. The molecule has 0 aliphatic heterocycles. The van der Waals surface area contributed by atoms with Crippen LogP contribution >= 0.6 is 0 Å².